The first kappa shape index (κ1) is 14.3. The third-order valence-corrected chi connectivity index (χ3v) is 4.98. The lowest BCUT2D eigenvalue weighted by atomic mass is 10.1. The Morgan fingerprint density at radius 2 is 1.52 bits per heavy atom. The molecule has 0 radical (unpaired) electrons. The Morgan fingerprint density at radius 1 is 0.810 bits per heavy atom. The van der Waals surface area contributed by atoms with E-state index in [1.54, 1.807) is 0 Å². The molecule has 3 aromatic carbocycles. The van der Waals surface area contributed by atoms with Crippen molar-refractivity contribution < 1.29 is 4.21 Å². The van der Waals surface area contributed by atoms with E-state index >= 15 is 0 Å². The standard InChI is InChI=1S/C18H15ClOS/c19-17-10-8-14(9-11-17)12-21(20)13-16-6-3-5-15-4-1-2-7-18(15)16/h1-11H,12-13H2/t21-/m0/s1. The smallest absolute Gasteiger partial charge is 0.0495 e. The van der Waals surface area contributed by atoms with Gasteiger partial charge >= 0.3 is 0 Å². The Bertz CT molecular complexity index is 775. The summed E-state index contributed by atoms with van der Waals surface area (Å²) in [5, 5.41) is 3.08. The summed E-state index contributed by atoms with van der Waals surface area (Å²) in [4.78, 5) is 0. The molecule has 0 bridgehead atoms. The molecule has 0 unspecified atom stereocenters. The fourth-order valence-electron chi connectivity index (χ4n) is 2.41. The predicted octanol–water partition coefficient (Wildman–Crippen LogP) is 4.94. The molecule has 0 amide bonds. The van der Waals surface area contributed by atoms with Crippen molar-refractivity contribution >= 4 is 33.2 Å². The van der Waals surface area contributed by atoms with Gasteiger partial charge in [-0.2, -0.15) is 0 Å². The maximum atomic E-state index is 12.4. The van der Waals surface area contributed by atoms with Crippen LogP contribution in [0.2, 0.25) is 5.02 Å². The van der Waals surface area contributed by atoms with Gasteiger partial charge in [-0.1, -0.05) is 66.2 Å². The van der Waals surface area contributed by atoms with Crippen molar-refractivity contribution in [2.75, 3.05) is 0 Å². The molecule has 1 atom stereocenters. The van der Waals surface area contributed by atoms with Crippen molar-refractivity contribution in [3.8, 4) is 0 Å². The summed E-state index contributed by atoms with van der Waals surface area (Å²) in [7, 11) is -0.928. The average Bonchev–Trinajstić information content (AvgIpc) is 2.50. The second-order valence-electron chi connectivity index (χ2n) is 4.99. The lowest BCUT2D eigenvalue weighted by molar-refractivity contribution is 0.682. The van der Waals surface area contributed by atoms with Crippen LogP contribution in [0.5, 0.6) is 0 Å². The van der Waals surface area contributed by atoms with Crippen LogP contribution >= 0.6 is 11.6 Å². The maximum absolute atomic E-state index is 12.4. The highest BCUT2D eigenvalue weighted by atomic mass is 35.5. The summed E-state index contributed by atoms with van der Waals surface area (Å²) in [6.07, 6.45) is 0. The molecule has 21 heavy (non-hydrogen) atoms. The number of halogens is 1. The average molecular weight is 315 g/mol. The molecule has 3 heteroatoms. The molecule has 0 aliphatic carbocycles. The van der Waals surface area contributed by atoms with Crippen molar-refractivity contribution in [2.45, 2.75) is 11.5 Å². The molecule has 1 nitrogen and oxygen atoms in total. The zero-order valence-corrected chi connectivity index (χ0v) is 13.0. The van der Waals surface area contributed by atoms with Crippen molar-refractivity contribution in [3.63, 3.8) is 0 Å². The monoisotopic (exact) mass is 314 g/mol. The van der Waals surface area contributed by atoms with Crippen molar-refractivity contribution in [2.24, 2.45) is 0 Å². The molecule has 0 saturated heterocycles. The van der Waals surface area contributed by atoms with E-state index < -0.39 is 10.8 Å². The zero-order valence-electron chi connectivity index (χ0n) is 11.5. The molecule has 0 aromatic heterocycles. The van der Waals surface area contributed by atoms with Gasteiger partial charge in [0.2, 0.25) is 0 Å². The van der Waals surface area contributed by atoms with Gasteiger partial charge in [0.05, 0.1) is 0 Å². The van der Waals surface area contributed by atoms with E-state index in [-0.39, 0.29) is 0 Å². The van der Waals surface area contributed by atoms with Gasteiger partial charge < -0.3 is 0 Å². The van der Waals surface area contributed by atoms with Gasteiger partial charge in [0.15, 0.2) is 0 Å². The highest BCUT2D eigenvalue weighted by Gasteiger charge is 2.06. The highest BCUT2D eigenvalue weighted by Crippen LogP contribution is 2.21. The summed E-state index contributed by atoms with van der Waals surface area (Å²) in [5.74, 6) is 1.13. The minimum atomic E-state index is -0.928. The molecular formula is C18H15ClOS. The van der Waals surface area contributed by atoms with Crippen molar-refractivity contribution in [3.05, 3.63) is 82.9 Å². The van der Waals surface area contributed by atoms with E-state index in [1.165, 1.54) is 10.8 Å². The van der Waals surface area contributed by atoms with Crippen molar-refractivity contribution in [1.29, 1.82) is 0 Å². The quantitative estimate of drug-likeness (QED) is 0.666. The first-order valence-corrected chi connectivity index (χ1v) is 8.65. The molecule has 0 N–H and O–H groups in total. The summed E-state index contributed by atoms with van der Waals surface area (Å²) in [6.45, 7) is 0. The van der Waals surface area contributed by atoms with Crippen LogP contribution in [0.25, 0.3) is 10.8 Å². The lowest BCUT2D eigenvalue weighted by Crippen LogP contribution is -2.00. The summed E-state index contributed by atoms with van der Waals surface area (Å²) in [5.41, 5.74) is 2.19. The highest BCUT2D eigenvalue weighted by molar-refractivity contribution is 7.83. The molecule has 0 spiro atoms. The third kappa shape index (κ3) is 3.52. The normalized spacial score (nSPS) is 12.4. The van der Waals surface area contributed by atoms with Gasteiger partial charge in [-0.3, -0.25) is 4.21 Å². The third-order valence-electron chi connectivity index (χ3n) is 3.44. The molecule has 0 saturated carbocycles. The van der Waals surface area contributed by atoms with Crippen LogP contribution in [0.1, 0.15) is 11.1 Å². The van der Waals surface area contributed by atoms with Gasteiger partial charge in [-0.15, -0.1) is 0 Å². The first-order valence-electron chi connectivity index (χ1n) is 6.78. The van der Waals surface area contributed by atoms with E-state index in [2.05, 4.69) is 24.3 Å². The summed E-state index contributed by atoms with van der Waals surface area (Å²) < 4.78 is 12.4. The van der Waals surface area contributed by atoms with Crippen LogP contribution in [0.3, 0.4) is 0 Å². The minimum absolute atomic E-state index is 0.556. The number of hydrogen-bond donors (Lipinski definition) is 0. The van der Waals surface area contributed by atoms with Gasteiger partial charge in [0.25, 0.3) is 0 Å². The second kappa shape index (κ2) is 6.42. The summed E-state index contributed by atoms with van der Waals surface area (Å²) in [6, 6.07) is 21.9. The number of hydrogen-bond acceptors (Lipinski definition) is 1. The van der Waals surface area contributed by atoms with Crippen LogP contribution in [-0.4, -0.2) is 4.21 Å². The molecule has 0 heterocycles. The van der Waals surface area contributed by atoms with Gasteiger partial charge in [0, 0.05) is 27.3 Å². The van der Waals surface area contributed by atoms with Gasteiger partial charge in [-0.25, -0.2) is 0 Å². The van der Waals surface area contributed by atoms with Gasteiger partial charge in [-0.05, 0) is 34.0 Å². The Labute approximate surface area is 132 Å². The molecule has 0 fully saturated rings. The van der Waals surface area contributed by atoms with Crippen LogP contribution in [0.4, 0.5) is 0 Å². The molecule has 0 aliphatic heterocycles. The van der Waals surface area contributed by atoms with Crippen molar-refractivity contribution in [1.82, 2.24) is 0 Å². The Hall–Kier alpha value is -1.64. The zero-order chi connectivity index (χ0) is 14.7. The fourth-order valence-corrected chi connectivity index (χ4v) is 3.80. The van der Waals surface area contributed by atoms with E-state index in [9.17, 15) is 4.21 Å². The maximum Gasteiger partial charge on any atom is 0.0495 e. The number of benzene rings is 3. The van der Waals surface area contributed by atoms with Crippen LogP contribution in [0, 0.1) is 0 Å². The van der Waals surface area contributed by atoms with Crippen LogP contribution in [0.15, 0.2) is 66.7 Å². The molecule has 0 aliphatic rings. The van der Waals surface area contributed by atoms with E-state index in [1.807, 2.05) is 42.5 Å². The second-order valence-corrected chi connectivity index (χ2v) is 6.89. The number of rotatable bonds is 4. The fraction of sp³-hybridized carbons (Fsp3) is 0.111. The predicted molar refractivity (Wildman–Crippen MR) is 91.0 cm³/mol. The van der Waals surface area contributed by atoms with E-state index in [0.29, 0.717) is 16.5 Å². The Kier molecular flexibility index (Phi) is 4.37. The molecule has 3 aromatic rings. The van der Waals surface area contributed by atoms with E-state index in [4.69, 9.17) is 11.6 Å². The topological polar surface area (TPSA) is 17.1 Å². The molecule has 106 valence electrons. The van der Waals surface area contributed by atoms with Crippen LogP contribution < -0.4 is 0 Å². The minimum Gasteiger partial charge on any atom is -0.259 e. The van der Waals surface area contributed by atoms with Crippen LogP contribution in [-0.2, 0) is 22.3 Å². The number of fused-ring (bicyclic) bond motifs is 1. The van der Waals surface area contributed by atoms with Gasteiger partial charge in [0.1, 0.15) is 0 Å². The lowest BCUT2D eigenvalue weighted by Gasteiger charge is -2.07. The Morgan fingerprint density at radius 3 is 2.33 bits per heavy atom. The molecule has 3 rings (SSSR count). The first-order chi connectivity index (χ1) is 10.2. The Balaban J connectivity index is 1.79. The van der Waals surface area contributed by atoms with E-state index in [0.717, 1.165) is 11.1 Å². The largest absolute Gasteiger partial charge is 0.259 e. The SMILES string of the molecule is O=[S@@](Cc1ccc(Cl)cc1)Cc1cccc2ccccc12. The summed E-state index contributed by atoms with van der Waals surface area (Å²) >= 11 is 5.87. The molecular weight excluding hydrogens is 300 g/mol.